The van der Waals surface area contributed by atoms with E-state index in [2.05, 4.69) is 18.7 Å². The minimum atomic E-state index is -0.760. The molecule has 0 unspecified atom stereocenters. The predicted octanol–water partition coefficient (Wildman–Crippen LogP) is 3.41. The highest BCUT2D eigenvalue weighted by Gasteiger charge is 2.52. The van der Waals surface area contributed by atoms with E-state index in [1.54, 1.807) is 0 Å². The van der Waals surface area contributed by atoms with Crippen LogP contribution >= 0.6 is 0 Å². The fourth-order valence-corrected chi connectivity index (χ4v) is 3.26. The Labute approximate surface area is 111 Å². The molecule has 0 radical (unpaired) electrons. The second kappa shape index (κ2) is 3.35. The van der Waals surface area contributed by atoms with Crippen LogP contribution in [0.5, 0.6) is 0 Å². The predicted molar refractivity (Wildman–Crippen MR) is 72.5 cm³/mol. The fourth-order valence-electron chi connectivity index (χ4n) is 3.26. The monoisotopic (exact) mass is 248 g/mol. The van der Waals surface area contributed by atoms with Crippen molar-refractivity contribution >= 4 is 5.97 Å². The van der Waals surface area contributed by atoms with Crippen LogP contribution < -0.4 is 0 Å². The zero-order valence-corrected chi connectivity index (χ0v) is 10.3. The first-order valence-electron chi connectivity index (χ1n) is 6.33. The van der Waals surface area contributed by atoms with Crippen LogP contribution in [0, 0.1) is 0 Å². The minimum absolute atomic E-state index is 0.198. The van der Waals surface area contributed by atoms with Crippen LogP contribution in [0.2, 0.25) is 0 Å². The number of fused-ring (bicyclic) bond motifs is 5. The lowest BCUT2D eigenvalue weighted by Crippen LogP contribution is -2.25. The van der Waals surface area contributed by atoms with Crippen LogP contribution in [-0.4, -0.2) is 5.97 Å². The first kappa shape index (κ1) is 10.6. The molecular formula is C17H12O2. The molecule has 0 saturated carbocycles. The zero-order chi connectivity index (χ0) is 13.0. The van der Waals surface area contributed by atoms with Crippen molar-refractivity contribution in [2.24, 2.45) is 0 Å². The SMILES string of the molecule is C=C1CC(=O)OC12c1ccccc1-c1ccccc12. The van der Waals surface area contributed by atoms with Gasteiger partial charge in [0.2, 0.25) is 0 Å². The normalized spacial score (nSPS) is 18.3. The lowest BCUT2D eigenvalue weighted by molar-refractivity contribution is -0.145. The Balaban J connectivity index is 2.13. The van der Waals surface area contributed by atoms with Gasteiger partial charge in [0.15, 0.2) is 5.60 Å². The van der Waals surface area contributed by atoms with Crippen molar-refractivity contribution in [3.8, 4) is 11.1 Å². The van der Waals surface area contributed by atoms with Gasteiger partial charge in [0.05, 0.1) is 6.42 Å². The molecule has 2 heteroatoms. The molecule has 1 saturated heterocycles. The first-order valence-corrected chi connectivity index (χ1v) is 6.33. The van der Waals surface area contributed by atoms with Crippen LogP contribution in [0.3, 0.4) is 0 Å². The summed E-state index contributed by atoms with van der Waals surface area (Å²) in [4.78, 5) is 11.8. The molecule has 0 N–H and O–H groups in total. The Hall–Kier alpha value is -2.35. The Morgan fingerprint density at radius 3 is 1.95 bits per heavy atom. The number of carbonyl (C=O) groups excluding carboxylic acids is 1. The third-order valence-electron chi connectivity index (χ3n) is 4.03. The maximum atomic E-state index is 11.8. The summed E-state index contributed by atoms with van der Waals surface area (Å²) in [6.07, 6.45) is 0.294. The van der Waals surface area contributed by atoms with Crippen molar-refractivity contribution in [2.45, 2.75) is 12.0 Å². The number of benzene rings is 2. The molecule has 2 aromatic rings. The Morgan fingerprint density at radius 1 is 0.947 bits per heavy atom. The van der Waals surface area contributed by atoms with Gasteiger partial charge in [-0.05, 0) is 16.7 Å². The van der Waals surface area contributed by atoms with E-state index in [1.807, 2.05) is 36.4 Å². The molecule has 2 aromatic carbocycles. The summed E-state index contributed by atoms with van der Waals surface area (Å²) in [5.41, 5.74) is 4.40. The summed E-state index contributed by atoms with van der Waals surface area (Å²) in [6, 6.07) is 16.2. The van der Waals surface area contributed by atoms with E-state index in [0.29, 0.717) is 6.42 Å². The maximum absolute atomic E-state index is 11.8. The van der Waals surface area contributed by atoms with E-state index in [1.165, 1.54) is 0 Å². The lowest BCUT2D eigenvalue weighted by Gasteiger charge is -2.26. The third-order valence-corrected chi connectivity index (χ3v) is 4.03. The topological polar surface area (TPSA) is 26.3 Å². The number of rotatable bonds is 0. The molecular weight excluding hydrogens is 236 g/mol. The smallest absolute Gasteiger partial charge is 0.311 e. The highest BCUT2D eigenvalue weighted by Crippen LogP contribution is 2.56. The molecule has 19 heavy (non-hydrogen) atoms. The van der Waals surface area contributed by atoms with Crippen molar-refractivity contribution in [3.05, 3.63) is 71.8 Å². The molecule has 1 aliphatic heterocycles. The van der Waals surface area contributed by atoms with Crippen molar-refractivity contribution in [1.82, 2.24) is 0 Å². The van der Waals surface area contributed by atoms with E-state index in [-0.39, 0.29) is 5.97 Å². The van der Waals surface area contributed by atoms with Crippen molar-refractivity contribution in [2.75, 3.05) is 0 Å². The number of hydrogen-bond donors (Lipinski definition) is 0. The second-order valence-electron chi connectivity index (χ2n) is 5.03. The van der Waals surface area contributed by atoms with Crippen LogP contribution in [0.15, 0.2) is 60.7 Å². The highest BCUT2D eigenvalue weighted by atomic mass is 16.6. The van der Waals surface area contributed by atoms with Gasteiger partial charge >= 0.3 is 5.97 Å². The standard InChI is InChI=1S/C17H12O2/c1-11-10-16(18)19-17(11)14-8-4-2-6-12(14)13-7-3-5-9-15(13)17/h2-9H,1,10H2. The molecule has 0 amide bonds. The third kappa shape index (κ3) is 1.14. The quantitative estimate of drug-likeness (QED) is 0.527. The van der Waals surface area contributed by atoms with E-state index < -0.39 is 5.60 Å². The molecule has 4 rings (SSSR count). The van der Waals surface area contributed by atoms with Crippen molar-refractivity contribution < 1.29 is 9.53 Å². The Morgan fingerprint density at radius 2 is 1.47 bits per heavy atom. The maximum Gasteiger partial charge on any atom is 0.311 e. The molecule has 92 valence electrons. The van der Waals surface area contributed by atoms with E-state index in [9.17, 15) is 4.79 Å². The van der Waals surface area contributed by atoms with Gasteiger partial charge < -0.3 is 4.74 Å². The summed E-state index contributed by atoms with van der Waals surface area (Å²) in [6.45, 7) is 4.09. The molecule has 1 spiro atoms. The number of esters is 1. The highest BCUT2D eigenvalue weighted by molar-refractivity contribution is 5.88. The Bertz CT molecular complexity index is 682. The largest absolute Gasteiger partial charge is 0.444 e. The minimum Gasteiger partial charge on any atom is -0.444 e. The van der Waals surface area contributed by atoms with Gasteiger partial charge in [0.25, 0.3) is 0 Å². The zero-order valence-electron chi connectivity index (χ0n) is 10.3. The fraction of sp³-hybridized carbons (Fsp3) is 0.118. The summed E-state index contributed by atoms with van der Waals surface area (Å²) in [5, 5.41) is 0. The van der Waals surface area contributed by atoms with Gasteiger partial charge in [-0.2, -0.15) is 0 Å². The van der Waals surface area contributed by atoms with Crippen LogP contribution in [0.1, 0.15) is 17.5 Å². The summed E-state index contributed by atoms with van der Waals surface area (Å²) in [7, 11) is 0. The molecule has 0 atom stereocenters. The molecule has 1 fully saturated rings. The van der Waals surface area contributed by atoms with Crippen molar-refractivity contribution in [1.29, 1.82) is 0 Å². The van der Waals surface area contributed by atoms with Gasteiger partial charge in [-0.1, -0.05) is 55.1 Å². The molecule has 0 bridgehead atoms. The Kier molecular flexibility index (Phi) is 1.86. The van der Waals surface area contributed by atoms with Crippen LogP contribution in [0.25, 0.3) is 11.1 Å². The van der Waals surface area contributed by atoms with Gasteiger partial charge in [-0.15, -0.1) is 0 Å². The molecule has 1 aliphatic carbocycles. The average molecular weight is 248 g/mol. The van der Waals surface area contributed by atoms with E-state index >= 15 is 0 Å². The van der Waals surface area contributed by atoms with Crippen LogP contribution in [-0.2, 0) is 15.1 Å². The van der Waals surface area contributed by atoms with Crippen LogP contribution in [0.4, 0.5) is 0 Å². The van der Waals surface area contributed by atoms with Crippen molar-refractivity contribution in [3.63, 3.8) is 0 Å². The van der Waals surface area contributed by atoms with Gasteiger partial charge in [-0.25, -0.2) is 0 Å². The number of carbonyl (C=O) groups is 1. The van der Waals surface area contributed by atoms with Gasteiger partial charge in [0.1, 0.15) is 0 Å². The summed E-state index contributed by atoms with van der Waals surface area (Å²) in [5.74, 6) is -0.198. The summed E-state index contributed by atoms with van der Waals surface area (Å²) >= 11 is 0. The number of hydrogen-bond acceptors (Lipinski definition) is 2. The van der Waals surface area contributed by atoms with Gasteiger partial charge in [-0.3, -0.25) is 4.79 Å². The first-order chi connectivity index (χ1) is 9.23. The second-order valence-corrected chi connectivity index (χ2v) is 5.03. The lowest BCUT2D eigenvalue weighted by atomic mass is 9.85. The molecule has 1 heterocycles. The summed E-state index contributed by atoms with van der Waals surface area (Å²) < 4.78 is 5.74. The van der Waals surface area contributed by atoms with E-state index in [0.717, 1.165) is 27.8 Å². The molecule has 0 aromatic heterocycles. The average Bonchev–Trinajstić information content (AvgIpc) is 2.89. The molecule has 2 aliphatic rings. The van der Waals surface area contributed by atoms with E-state index in [4.69, 9.17) is 4.74 Å². The molecule has 2 nitrogen and oxygen atoms in total. The number of ether oxygens (including phenoxy) is 1. The van der Waals surface area contributed by atoms with Gasteiger partial charge in [0, 0.05) is 11.1 Å².